The van der Waals surface area contributed by atoms with Gasteiger partial charge in [0.05, 0.1) is 0 Å². The molecule has 0 amide bonds. The number of aromatic carboxylic acids is 1. The van der Waals surface area contributed by atoms with Crippen LogP contribution in [0.3, 0.4) is 0 Å². The zero-order valence-electron chi connectivity index (χ0n) is 10.5. The van der Waals surface area contributed by atoms with Crippen LogP contribution in [0.1, 0.15) is 23.0 Å². The van der Waals surface area contributed by atoms with Gasteiger partial charge in [-0.1, -0.05) is 6.92 Å². The summed E-state index contributed by atoms with van der Waals surface area (Å²) >= 11 is 0. The topological polar surface area (TPSA) is 65.5 Å². The molecule has 0 fully saturated rings. The number of hydrogen-bond acceptors (Lipinski definition) is 4. The van der Waals surface area contributed by atoms with E-state index in [4.69, 9.17) is 5.11 Å². The number of likely N-dealkylation sites (N-methyl/N-ethyl adjacent to an activating group) is 1. The molecular formula is C12H19N3O2. The highest BCUT2D eigenvalue weighted by Crippen LogP contribution is 2.12. The van der Waals surface area contributed by atoms with Gasteiger partial charge < -0.3 is 15.3 Å². The minimum atomic E-state index is -0.955. The van der Waals surface area contributed by atoms with E-state index in [1.807, 2.05) is 14.0 Å². The Labute approximate surface area is 101 Å². The number of pyridine rings is 1. The molecule has 0 bridgehead atoms. The molecule has 5 nitrogen and oxygen atoms in total. The molecule has 0 saturated carbocycles. The number of nitrogens with zero attached hydrogens (tertiary/aromatic N) is 2. The van der Waals surface area contributed by atoms with Crippen molar-refractivity contribution >= 4 is 11.8 Å². The fourth-order valence-corrected chi connectivity index (χ4v) is 1.39. The lowest BCUT2D eigenvalue weighted by molar-refractivity contribution is 0.0697. The lowest BCUT2D eigenvalue weighted by atomic mass is 10.2. The van der Waals surface area contributed by atoms with Gasteiger partial charge in [-0.3, -0.25) is 0 Å². The van der Waals surface area contributed by atoms with Crippen LogP contribution in [0, 0.1) is 6.92 Å². The van der Waals surface area contributed by atoms with E-state index in [1.54, 1.807) is 12.1 Å². The third-order valence-corrected chi connectivity index (χ3v) is 2.59. The molecule has 0 unspecified atom stereocenters. The van der Waals surface area contributed by atoms with Gasteiger partial charge >= 0.3 is 5.97 Å². The van der Waals surface area contributed by atoms with Gasteiger partial charge in [-0.2, -0.15) is 0 Å². The number of hydrogen-bond donors (Lipinski definition) is 2. The molecule has 17 heavy (non-hydrogen) atoms. The third kappa shape index (κ3) is 4.03. The van der Waals surface area contributed by atoms with Gasteiger partial charge in [0.2, 0.25) is 0 Å². The molecule has 1 aromatic rings. The summed E-state index contributed by atoms with van der Waals surface area (Å²) in [5.74, 6) is -0.508. The Morgan fingerprint density at radius 3 is 2.82 bits per heavy atom. The molecule has 1 aromatic heterocycles. The maximum Gasteiger partial charge on any atom is 0.339 e. The zero-order valence-corrected chi connectivity index (χ0v) is 10.5. The summed E-state index contributed by atoms with van der Waals surface area (Å²) in [6, 6.07) is 3.28. The molecule has 0 aliphatic rings. The predicted octanol–water partition coefficient (Wildman–Crippen LogP) is 1.45. The van der Waals surface area contributed by atoms with Gasteiger partial charge in [-0.15, -0.1) is 0 Å². The van der Waals surface area contributed by atoms with Gasteiger partial charge in [0.1, 0.15) is 11.4 Å². The Kier molecular flexibility index (Phi) is 4.90. The Morgan fingerprint density at radius 2 is 2.24 bits per heavy atom. The average Bonchev–Trinajstić information content (AvgIpc) is 2.28. The second kappa shape index (κ2) is 6.20. The van der Waals surface area contributed by atoms with Crippen molar-refractivity contribution in [3.05, 3.63) is 23.4 Å². The number of carboxylic acid groups (broad SMARTS) is 1. The molecule has 0 spiro atoms. The standard InChI is InChI=1S/C12H19N3O2/c1-4-15(3)8-7-13-11-10(12(16)17)6-5-9(2)14-11/h5-6H,4,7-8H2,1-3H3,(H,13,14)(H,16,17). The Balaban J connectivity index is 2.68. The van der Waals surface area contributed by atoms with Crippen LogP contribution in [-0.4, -0.2) is 47.6 Å². The molecule has 5 heteroatoms. The lowest BCUT2D eigenvalue weighted by Crippen LogP contribution is -2.25. The van der Waals surface area contributed by atoms with Crippen molar-refractivity contribution in [1.82, 2.24) is 9.88 Å². The van der Waals surface area contributed by atoms with Crippen LogP contribution in [0.15, 0.2) is 12.1 Å². The van der Waals surface area contributed by atoms with Crippen molar-refractivity contribution in [3.63, 3.8) is 0 Å². The fraction of sp³-hybridized carbons (Fsp3) is 0.500. The van der Waals surface area contributed by atoms with Gasteiger partial charge in [0, 0.05) is 18.8 Å². The first-order chi connectivity index (χ1) is 8.04. The summed E-state index contributed by atoms with van der Waals surface area (Å²) < 4.78 is 0. The normalized spacial score (nSPS) is 10.6. The molecule has 1 heterocycles. The maximum atomic E-state index is 11.0. The van der Waals surface area contributed by atoms with Crippen molar-refractivity contribution in [2.45, 2.75) is 13.8 Å². The Hall–Kier alpha value is -1.62. The Bertz CT molecular complexity index is 393. The first-order valence-corrected chi connectivity index (χ1v) is 5.68. The number of aryl methyl sites for hydroxylation is 1. The second-order valence-electron chi connectivity index (χ2n) is 3.98. The molecule has 0 aliphatic heterocycles. The number of nitrogens with one attached hydrogen (secondary N) is 1. The van der Waals surface area contributed by atoms with E-state index < -0.39 is 5.97 Å². The van der Waals surface area contributed by atoms with Crippen LogP contribution in [0.2, 0.25) is 0 Å². The van der Waals surface area contributed by atoms with Gasteiger partial charge in [-0.05, 0) is 32.6 Å². The summed E-state index contributed by atoms with van der Waals surface area (Å²) in [6.45, 7) is 6.42. The SMILES string of the molecule is CCN(C)CCNc1nc(C)ccc1C(=O)O. The number of rotatable bonds is 6. The number of aromatic nitrogens is 1. The minimum Gasteiger partial charge on any atom is -0.478 e. The van der Waals surface area contributed by atoms with Crippen LogP contribution in [0.4, 0.5) is 5.82 Å². The molecule has 94 valence electrons. The molecule has 2 N–H and O–H groups in total. The van der Waals surface area contributed by atoms with Gasteiger partial charge in [-0.25, -0.2) is 9.78 Å². The smallest absolute Gasteiger partial charge is 0.339 e. The number of anilines is 1. The van der Waals surface area contributed by atoms with E-state index in [-0.39, 0.29) is 5.56 Å². The largest absolute Gasteiger partial charge is 0.478 e. The summed E-state index contributed by atoms with van der Waals surface area (Å²) in [6.07, 6.45) is 0. The number of carbonyl (C=O) groups is 1. The van der Waals surface area contributed by atoms with Crippen LogP contribution >= 0.6 is 0 Å². The van der Waals surface area contributed by atoms with E-state index in [0.717, 1.165) is 18.8 Å². The predicted molar refractivity (Wildman–Crippen MR) is 67.6 cm³/mol. The molecule has 0 saturated heterocycles. The molecule has 0 radical (unpaired) electrons. The first-order valence-electron chi connectivity index (χ1n) is 5.68. The van der Waals surface area contributed by atoms with Gasteiger partial charge in [0.25, 0.3) is 0 Å². The minimum absolute atomic E-state index is 0.217. The molecular weight excluding hydrogens is 218 g/mol. The highest BCUT2D eigenvalue weighted by molar-refractivity contribution is 5.93. The van der Waals surface area contributed by atoms with Gasteiger partial charge in [0.15, 0.2) is 0 Å². The zero-order chi connectivity index (χ0) is 12.8. The van der Waals surface area contributed by atoms with E-state index in [0.29, 0.717) is 12.4 Å². The molecule has 0 atom stereocenters. The van der Waals surface area contributed by atoms with E-state index in [9.17, 15) is 4.79 Å². The van der Waals surface area contributed by atoms with Crippen LogP contribution in [0.5, 0.6) is 0 Å². The monoisotopic (exact) mass is 237 g/mol. The van der Waals surface area contributed by atoms with E-state index >= 15 is 0 Å². The summed E-state index contributed by atoms with van der Waals surface area (Å²) in [5.41, 5.74) is 1.02. The maximum absolute atomic E-state index is 11.0. The highest BCUT2D eigenvalue weighted by atomic mass is 16.4. The van der Waals surface area contributed by atoms with Crippen LogP contribution < -0.4 is 5.32 Å². The second-order valence-corrected chi connectivity index (χ2v) is 3.98. The van der Waals surface area contributed by atoms with Crippen molar-refractivity contribution in [3.8, 4) is 0 Å². The molecule has 0 aliphatic carbocycles. The van der Waals surface area contributed by atoms with Crippen molar-refractivity contribution < 1.29 is 9.90 Å². The lowest BCUT2D eigenvalue weighted by Gasteiger charge is -2.15. The highest BCUT2D eigenvalue weighted by Gasteiger charge is 2.10. The van der Waals surface area contributed by atoms with Crippen molar-refractivity contribution in [2.24, 2.45) is 0 Å². The van der Waals surface area contributed by atoms with E-state index in [1.165, 1.54) is 0 Å². The summed E-state index contributed by atoms with van der Waals surface area (Å²) in [4.78, 5) is 17.3. The van der Waals surface area contributed by atoms with Crippen LogP contribution in [0.25, 0.3) is 0 Å². The molecule has 0 aromatic carbocycles. The number of carboxylic acids is 1. The van der Waals surface area contributed by atoms with Crippen LogP contribution in [-0.2, 0) is 0 Å². The quantitative estimate of drug-likeness (QED) is 0.784. The fourth-order valence-electron chi connectivity index (χ4n) is 1.39. The van der Waals surface area contributed by atoms with Crippen molar-refractivity contribution in [2.75, 3.05) is 32.0 Å². The summed E-state index contributed by atoms with van der Waals surface area (Å²) in [5, 5.41) is 12.1. The summed E-state index contributed by atoms with van der Waals surface area (Å²) in [7, 11) is 2.02. The third-order valence-electron chi connectivity index (χ3n) is 2.59. The average molecular weight is 237 g/mol. The van der Waals surface area contributed by atoms with Crippen molar-refractivity contribution in [1.29, 1.82) is 0 Å². The first kappa shape index (κ1) is 13.4. The molecule has 1 rings (SSSR count). The Morgan fingerprint density at radius 1 is 1.53 bits per heavy atom. The van der Waals surface area contributed by atoms with E-state index in [2.05, 4.69) is 22.1 Å².